The van der Waals surface area contributed by atoms with E-state index in [0.29, 0.717) is 0 Å². The fourth-order valence-corrected chi connectivity index (χ4v) is 1.32. The summed E-state index contributed by atoms with van der Waals surface area (Å²) in [6.45, 7) is -1.95. The molecule has 3 nitrogen and oxygen atoms in total. The standard InChI is InChI=1S/C10H11F4NO2/c11-7-1-6(2-8(17)3-7)9(4-16)15-5-10(12,13)14/h1-3,9,15-17H,4-5H2. The van der Waals surface area contributed by atoms with E-state index in [2.05, 4.69) is 0 Å². The number of benzene rings is 1. The van der Waals surface area contributed by atoms with Crippen molar-refractivity contribution in [1.82, 2.24) is 5.32 Å². The van der Waals surface area contributed by atoms with Gasteiger partial charge in [-0.1, -0.05) is 0 Å². The highest BCUT2D eigenvalue weighted by atomic mass is 19.4. The topological polar surface area (TPSA) is 52.5 Å². The minimum absolute atomic E-state index is 0.0502. The Morgan fingerprint density at radius 1 is 1.24 bits per heavy atom. The zero-order valence-corrected chi connectivity index (χ0v) is 8.63. The maximum atomic E-state index is 12.9. The van der Waals surface area contributed by atoms with Gasteiger partial charge in [-0.2, -0.15) is 13.2 Å². The Morgan fingerprint density at radius 3 is 2.35 bits per heavy atom. The second-order valence-electron chi connectivity index (χ2n) is 3.47. The molecular formula is C10H11F4NO2. The Balaban J connectivity index is 2.79. The fraction of sp³-hybridized carbons (Fsp3) is 0.400. The van der Waals surface area contributed by atoms with Crippen molar-refractivity contribution < 1.29 is 27.8 Å². The average molecular weight is 253 g/mol. The Morgan fingerprint density at radius 2 is 1.88 bits per heavy atom. The van der Waals surface area contributed by atoms with E-state index in [1.165, 1.54) is 0 Å². The Kier molecular flexibility index (Phi) is 4.30. The summed E-state index contributed by atoms with van der Waals surface area (Å²) >= 11 is 0. The van der Waals surface area contributed by atoms with Crippen molar-refractivity contribution in [1.29, 1.82) is 0 Å². The smallest absolute Gasteiger partial charge is 0.401 e. The number of aromatic hydroxyl groups is 1. The number of phenols is 1. The van der Waals surface area contributed by atoms with Crippen LogP contribution in [0.25, 0.3) is 0 Å². The summed E-state index contributed by atoms with van der Waals surface area (Å²) in [4.78, 5) is 0. The number of nitrogens with one attached hydrogen (secondary N) is 1. The highest BCUT2D eigenvalue weighted by Gasteiger charge is 2.28. The molecule has 1 rings (SSSR count). The van der Waals surface area contributed by atoms with E-state index in [0.717, 1.165) is 18.2 Å². The molecule has 1 aromatic carbocycles. The summed E-state index contributed by atoms with van der Waals surface area (Å²) < 4.78 is 48.8. The number of hydrogen-bond donors (Lipinski definition) is 3. The molecule has 1 aromatic rings. The van der Waals surface area contributed by atoms with Crippen LogP contribution in [0.4, 0.5) is 17.6 Å². The van der Waals surface area contributed by atoms with Crippen molar-refractivity contribution >= 4 is 0 Å². The largest absolute Gasteiger partial charge is 0.508 e. The molecule has 7 heteroatoms. The van der Waals surface area contributed by atoms with Gasteiger partial charge in [0.1, 0.15) is 11.6 Å². The number of rotatable bonds is 4. The van der Waals surface area contributed by atoms with Crippen LogP contribution in [-0.2, 0) is 0 Å². The summed E-state index contributed by atoms with van der Waals surface area (Å²) in [5, 5.41) is 20.0. The normalized spacial score (nSPS) is 13.7. The molecule has 0 amide bonds. The first kappa shape index (κ1) is 13.7. The lowest BCUT2D eigenvalue weighted by Crippen LogP contribution is -2.33. The lowest BCUT2D eigenvalue weighted by Gasteiger charge is -2.18. The molecule has 0 heterocycles. The van der Waals surface area contributed by atoms with Crippen LogP contribution in [0.15, 0.2) is 18.2 Å². The van der Waals surface area contributed by atoms with Gasteiger partial charge in [0.25, 0.3) is 0 Å². The minimum atomic E-state index is -4.43. The maximum Gasteiger partial charge on any atom is 0.401 e. The zero-order chi connectivity index (χ0) is 13.1. The van der Waals surface area contributed by atoms with Crippen molar-refractivity contribution in [3.05, 3.63) is 29.6 Å². The molecule has 0 saturated heterocycles. The average Bonchev–Trinajstić information content (AvgIpc) is 2.15. The van der Waals surface area contributed by atoms with E-state index >= 15 is 0 Å². The molecule has 1 atom stereocenters. The fourth-order valence-electron chi connectivity index (χ4n) is 1.32. The molecule has 17 heavy (non-hydrogen) atoms. The highest BCUT2D eigenvalue weighted by molar-refractivity contribution is 5.30. The lowest BCUT2D eigenvalue weighted by atomic mass is 10.1. The molecule has 0 aliphatic carbocycles. The van der Waals surface area contributed by atoms with Crippen molar-refractivity contribution in [3.8, 4) is 5.75 Å². The van der Waals surface area contributed by atoms with Crippen LogP contribution >= 0.6 is 0 Å². The number of aliphatic hydroxyl groups is 1. The summed E-state index contributed by atoms with van der Waals surface area (Å²) in [5.74, 6) is -1.19. The third-order valence-electron chi connectivity index (χ3n) is 2.04. The molecule has 1 unspecified atom stereocenters. The first-order chi connectivity index (χ1) is 7.81. The minimum Gasteiger partial charge on any atom is -0.508 e. The van der Waals surface area contributed by atoms with Crippen LogP contribution in [0.2, 0.25) is 0 Å². The molecule has 0 bridgehead atoms. The number of alkyl halides is 3. The van der Waals surface area contributed by atoms with Crippen LogP contribution in [0.1, 0.15) is 11.6 Å². The van der Waals surface area contributed by atoms with E-state index in [1.807, 2.05) is 5.32 Å². The van der Waals surface area contributed by atoms with Crippen LogP contribution in [0.3, 0.4) is 0 Å². The summed E-state index contributed by atoms with van der Waals surface area (Å²) in [6.07, 6.45) is -4.43. The van der Waals surface area contributed by atoms with Crippen LogP contribution < -0.4 is 5.32 Å². The Hall–Kier alpha value is -1.34. The van der Waals surface area contributed by atoms with Gasteiger partial charge in [-0.3, -0.25) is 5.32 Å². The van der Waals surface area contributed by atoms with Crippen molar-refractivity contribution in [2.75, 3.05) is 13.2 Å². The number of phenolic OH excluding ortho intramolecular Hbond substituents is 1. The third-order valence-corrected chi connectivity index (χ3v) is 2.04. The second kappa shape index (κ2) is 5.33. The van der Waals surface area contributed by atoms with Crippen LogP contribution in [-0.4, -0.2) is 29.5 Å². The van der Waals surface area contributed by atoms with Crippen LogP contribution in [0.5, 0.6) is 5.75 Å². The lowest BCUT2D eigenvalue weighted by molar-refractivity contribution is -0.126. The van der Waals surface area contributed by atoms with Crippen molar-refractivity contribution in [2.45, 2.75) is 12.2 Å². The van der Waals surface area contributed by atoms with E-state index < -0.39 is 36.9 Å². The van der Waals surface area contributed by atoms with Gasteiger partial charge in [-0.05, 0) is 17.7 Å². The van der Waals surface area contributed by atoms with E-state index in [4.69, 9.17) is 10.2 Å². The molecule has 0 aliphatic rings. The molecule has 96 valence electrons. The summed E-state index contributed by atoms with van der Waals surface area (Å²) in [7, 11) is 0. The predicted molar refractivity (Wildman–Crippen MR) is 51.9 cm³/mol. The van der Waals surface area contributed by atoms with Crippen molar-refractivity contribution in [3.63, 3.8) is 0 Å². The highest BCUT2D eigenvalue weighted by Crippen LogP contribution is 2.22. The molecule has 0 saturated carbocycles. The Labute approximate surface area is 94.7 Å². The van der Waals surface area contributed by atoms with E-state index in [1.54, 1.807) is 0 Å². The van der Waals surface area contributed by atoms with Crippen LogP contribution in [0, 0.1) is 5.82 Å². The van der Waals surface area contributed by atoms with E-state index in [9.17, 15) is 17.6 Å². The van der Waals surface area contributed by atoms with Gasteiger partial charge in [-0.15, -0.1) is 0 Å². The third kappa shape index (κ3) is 4.58. The molecule has 0 fully saturated rings. The number of aliphatic hydroxyl groups excluding tert-OH is 1. The van der Waals surface area contributed by atoms with Gasteiger partial charge in [0, 0.05) is 6.07 Å². The van der Waals surface area contributed by atoms with Gasteiger partial charge in [0.15, 0.2) is 0 Å². The van der Waals surface area contributed by atoms with Gasteiger partial charge in [0.05, 0.1) is 19.2 Å². The first-order valence-corrected chi connectivity index (χ1v) is 4.72. The predicted octanol–water partition coefficient (Wildman–Crippen LogP) is 1.72. The SMILES string of the molecule is OCC(NCC(F)(F)F)c1cc(O)cc(F)c1. The van der Waals surface area contributed by atoms with Gasteiger partial charge >= 0.3 is 6.18 Å². The molecular weight excluding hydrogens is 242 g/mol. The van der Waals surface area contributed by atoms with E-state index in [-0.39, 0.29) is 5.56 Å². The molecule has 0 radical (unpaired) electrons. The molecule has 0 aliphatic heterocycles. The maximum absolute atomic E-state index is 12.9. The number of hydrogen-bond acceptors (Lipinski definition) is 3. The molecule has 0 spiro atoms. The molecule has 3 N–H and O–H groups in total. The van der Waals surface area contributed by atoms with Gasteiger partial charge < -0.3 is 10.2 Å². The first-order valence-electron chi connectivity index (χ1n) is 4.72. The number of halogens is 4. The summed E-state index contributed by atoms with van der Waals surface area (Å²) in [6, 6.07) is 1.78. The van der Waals surface area contributed by atoms with Crippen molar-refractivity contribution in [2.24, 2.45) is 0 Å². The molecule has 0 aromatic heterocycles. The quantitative estimate of drug-likeness (QED) is 0.716. The summed E-state index contributed by atoms with van der Waals surface area (Å²) in [5.41, 5.74) is 0.0502. The van der Waals surface area contributed by atoms with Gasteiger partial charge in [-0.25, -0.2) is 4.39 Å². The monoisotopic (exact) mass is 253 g/mol. The van der Waals surface area contributed by atoms with Gasteiger partial charge in [0.2, 0.25) is 0 Å². The Bertz CT molecular complexity index is 361. The second-order valence-corrected chi connectivity index (χ2v) is 3.47. The zero-order valence-electron chi connectivity index (χ0n) is 8.63.